The van der Waals surface area contributed by atoms with E-state index in [9.17, 15) is 4.79 Å². The van der Waals surface area contributed by atoms with E-state index < -0.39 is 0 Å². The summed E-state index contributed by atoms with van der Waals surface area (Å²) < 4.78 is 4.87. The van der Waals surface area contributed by atoms with Crippen molar-refractivity contribution >= 4 is 23.1 Å². The summed E-state index contributed by atoms with van der Waals surface area (Å²) >= 11 is 0. The van der Waals surface area contributed by atoms with Crippen LogP contribution in [0.5, 0.6) is 0 Å². The predicted octanol–water partition coefficient (Wildman–Crippen LogP) is 2.35. The molecule has 1 aliphatic heterocycles. The molecule has 1 saturated heterocycles. The number of rotatable bonds is 4. The lowest BCUT2D eigenvalue weighted by atomic mass is 10.1. The van der Waals surface area contributed by atoms with Gasteiger partial charge in [-0.3, -0.25) is 5.32 Å². The SMILES string of the molecule is CN(C)CCc1c[nH]c2ccc(/C=C3\COC(=O)N3)cc12. The molecule has 2 heterocycles. The third-order valence-corrected chi connectivity index (χ3v) is 3.58. The molecule has 2 N–H and O–H groups in total. The summed E-state index contributed by atoms with van der Waals surface area (Å²) in [7, 11) is 4.15. The Hall–Kier alpha value is -2.27. The number of ether oxygens (including phenoxy) is 1. The minimum atomic E-state index is -0.379. The number of likely N-dealkylation sites (N-methyl/N-ethyl adjacent to an activating group) is 1. The Balaban J connectivity index is 1.87. The van der Waals surface area contributed by atoms with Gasteiger partial charge in [-0.1, -0.05) is 6.07 Å². The van der Waals surface area contributed by atoms with Gasteiger partial charge in [0.05, 0.1) is 5.70 Å². The van der Waals surface area contributed by atoms with E-state index in [-0.39, 0.29) is 6.09 Å². The fourth-order valence-electron chi connectivity index (χ4n) is 2.46. The van der Waals surface area contributed by atoms with Crippen LogP contribution in [-0.4, -0.2) is 43.2 Å². The summed E-state index contributed by atoms with van der Waals surface area (Å²) in [6, 6.07) is 6.25. The smallest absolute Gasteiger partial charge is 0.411 e. The molecule has 1 aliphatic rings. The molecular weight excluding hydrogens is 266 g/mol. The monoisotopic (exact) mass is 285 g/mol. The second-order valence-corrected chi connectivity index (χ2v) is 5.54. The van der Waals surface area contributed by atoms with Crippen LogP contribution < -0.4 is 5.32 Å². The van der Waals surface area contributed by atoms with Gasteiger partial charge in [-0.15, -0.1) is 0 Å². The zero-order valence-electron chi connectivity index (χ0n) is 12.3. The number of nitrogens with zero attached hydrogens (tertiary/aromatic N) is 1. The zero-order chi connectivity index (χ0) is 14.8. The van der Waals surface area contributed by atoms with Gasteiger partial charge < -0.3 is 14.6 Å². The average Bonchev–Trinajstić information content (AvgIpc) is 3.03. The number of carbonyl (C=O) groups is 1. The molecule has 0 bridgehead atoms. The Kier molecular flexibility index (Phi) is 3.66. The maximum absolute atomic E-state index is 11.0. The summed E-state index contributed by atoms with van der Waals surface area (Å²) in [4.78, 5) is 16.5. The Labute approximate surface area is 123 Å². The molecule has 0 unspecified atom stereocenters. The number of aromatic amines is 1. The molecule has 1 fully saturated rings. The van der Waals surface area contributed by atoms with Crippen molar-refractivity contribution in [3.8, 4) is 0 Å². The molecule has 0 aliphatic carbocycles. The molecular formula is C16H19N3O2. The van der Waals surface area contributed by atoms with Crippen molar-refractivity contribution in [3.63, 3.8) is 0 Å². The van der Waals surface area contributed by atoms with Gasteiger partial charge in [0.2, 0.25) is 0 Å². The Morgan fingerprint density at radius 1 is 1.38 bits per heavy atom. The Bertz CT molecular complexity index is 701. The first-order valence-corrected chi connectivity index (χ1v) is 7.01. The van der Waals surface area contributed by atoms with Crippen molar-refractivity contribution < 1.29 is 9.53 Å². The molecule has 0 radical (unpaired) electrons. The first kappa shape index (κ1) is 13.7. The van der Waals surface area contributed by atoms with Gasteiger partial charge >= 0.3 is 6.09 Å². The summed E-state index contributed by atoms with van der Waals surface area (Å²) in [5.41, 5.74) is 4.31. The molecule has 110 valence electrons. The number of cyclic esters (lactones) is 1. The molecule has 1 aromatic carbocycles. The topological polar surface area (TPSA) is 57.4 Å². The van der Waals surface area contributed by atoms with E-state index in [1.54, 1.807) is 0 Å². The van der Waals surface area contributed by atoms with Crippen LogP contribution in [0.4, 0.5) is 4.79 Å². The van der Waals surface area contributed by atoms with Crippen molar-refractivity contribution in [2.24, 2.45) is 0 Å². The van der Waals surface area contributed by atoms with E-state index in [0.29, 0.717) is 6.61 Å². The first-order chi connectivity index (χ1) is 10.1. The molecule has 5 nitrogen and oxygen atoms in total. The van der Waals surface area contributed by atoms with E-state index in [2.05, 4.69) is 47.6 Å². The number of aromatic nitrogens is 1. The minimum Gasteiger partial charge on any atom is -0.443 e. The maximum atomic E-state index is 11.0. The van der Waals surface area contributed by atoms with Gasteiger partial charge in [0.25, 0.3) is 0 Å². The van der Waals surface area contributed by atoms with Crippen LogP contribution >= 0.6 is 0 Å². The third-order valence-electron chi connectivity index (χ3n) is 3.58. The second kappa shape index (κ2) is 5.61. The quantitative estimate of drug-likeness (QED) is 0.906. The highest BCUT2D eigenvalue weighted by atomic mass is 16.6. The summed E-state index contributed by atoms with van der Waals surface area (Å²) in [6.07, 6.45) is 4.65. The van der Waals surface area contributed by atoms with Gasteiger partial charge in [0.15, 0.2) is 0 Å². The van der Waals surface area contributed by atoms with Crippen molar-refractivity contribution in [3.05, 3.63) is 41.2 Å². The van der Waals surface area contributed by atoms with Crippen molar-refractivity contribution in [2.75, 3.05) is 27.2 Å². The molecule has 0 atom stereocenters. The lowest BCUT2D eigenvalue weighted by Gasteiger charge is -2.08. The van der Waals surface area contributed by atoms with E-state index in [0.717, 1.165) is 29.7 Å². The number of alkyl carbamates (subject to hydrolysis) is 1. The largest absolute Gasteiger partial charge is 0.443 e. The predicted molar refractivity (Wildman–Crippen MR) is 83.0 cm³/mol. The third kappa shape index (κ3) is 3.08. The van der Waals surface area contributed by atoms with Gasteiger partial charge in [0.1, 0.15) is 6.61 Å². The molecule has 1 aromatic heterocycles. The molecule has 1 amide bonds. The van der Waals surface area contributed by atoms with Crippen LogP contribution in [0.1, 0.15) is 11.1 Å². The highest BCUT2D eigenvalue weighted by Crippen LogP contribution is 2.22. The van der Waals surface area contributed by atoms with E-state index in [4.69, 9.17) is 4.74 Å². The second-order valence-electron chi connectivity index (χ2n) is 5.54. The Morgan fingerprint density at radius 2 is 2.24 bits per heavy atom. The molecule has 2 aromatic rings. The average molecular weight is 285 g/mol. The molecule has 21 heavy (non-hydrogen) atoms. The lowest BCUT2D eigenvalue weighted by Crippen LogP contribution is -2.14. The lowest BCUT2D eigenvalue weighted by molar-refractivity contribution is 0.179. The van der Waals surface area contributed by atoms with E-state index in [1.165, 1.54) is 10.9 Å². The number of hydrogen-bond donors (Lipinski definition) is 2. The van der Waals surface area contributed by atoms with Crippen molar-refractivity contribution in [2.45, 2.75) is 6.42 Å². The number of fused-ring (bicyclic) bond motifs is 1. The van der Waals surface area contributed by atoms with Crippen LogP contribution in [0, 0.1) is 0 Å². The molecule has 0 spiro atoms. The number of nitrogens with one attached hydrogen (secondary N) is 2. The summed E-state index contributed by atoms with van der Waals surface area (Å²) in [5.74, 6) is 0. The van der Waals surface area contributed by atoms with Crippen LogP contribution in [0.3, 0.4) is 0 Å². The number of hydrogen-bond acceptors (Lipinski definition) is 3. The highest BCUT2D eigenvalue weighted by Gasteiger charge is 2.15. The molecule has 5 heteroatoms. The normalized spacial score (nSPS) is 16.7. The molecule has 0 saturated carbocycles. The highest BCUT2D eigenvalue weighted by molar-refractivity contribution is 5.86. The standard InChI is InChI=1S/C16H19N3O2/c1-19(2)6-5-12-9-17-15-4-3-11(8-14(12)15)7-13-10-21-16(20)18-13/h3-4,7-9,17H,5-6,10H2,1-2H3,(H,18,20)/b13-7+. The maximum Gasteiger partial charge on any atom is 0.411 e. The van der Waals surface area contributed by atoms with Crippen molar-refractivity contribution in [1.29, 1.82) is 0 Å². The fourth-order valence-corrected chi connectivity index (χ4v) is 2.46. The fraction of sp³-hybridized carbons (Fsp3) is 0.312. The number of amides is 1. The number of carbonyl (C=O) groups excluding carboxylic acids is 1. The van der Waals surface area contributed by atoms with Crippen LogP contribution in [0.2, 0.25) is 0 Å². The summed E-state index contributed by atoms with van der Waals surface area (Å²) in [6.45, 7) is 1.33. The van der Waals surface area contributed by atoms with Crippen molar-refractivity contribution in [1.82, 2.24) is 15.2 Å². The van der Waals surface area contributed by atoms with Crippen LogP contribution in [0.15, 0.2) is 30.1 Å². The number of benzene rings is 1. The number of H-pyrrole nitrogens is 1. The van der Waals surface area contributed by atoms with Gasteiger partial charge in [0, 0.05) is 23.6 Å². The summed E-state index contributed by atoms with van der Waals surface area (Å²) in [5, 5.41) is 3.92. The van der Waals surface area contributed by atoms with E-state index >= 15 is 0 Å². The Morgan fingerprint density at radius 3 is 2.95 bits per heavy atom. The molecule has 3 rings (SSSR count). The zero-order valence-corrected chi connectivity index (χ0v) is 12.3. The first-order valence-electron chi connectivity index (χ1n) is 7.01. The van der Waals surface area contributed by atoms with Crippen LogP contribution in [-0.2, 0) is 11.2 Å². The van der Waals surface area contributed by atoms with Gasteiger partial charge in [-0.2, -0.15) is 0 Å². The van der Waals surface area contributed by atoms with E-state index in [1.807, 2.05) is 12.1 Å². The van der Waals surface area contributed by atoms with Gasteiger partial charge in [-0.25, -0.2) is 4.79 Å². The van der Waals surface area contributed by atoms with Crippen LogP contribution in [0.25, 0.3) is 17.0 Å². The van der Waals surface area contributed by atoms with Gasteiger partial charge in [-0.05, 0) is 49.9 Å². The minimum absolute atomic E-state index is 0.317.